The average Bonchev–Trinajstić information content (AvgIpc) is 2.39. The Morgan fingerprint density at radius 2 is 2.16 bits per heavy atom. The van der Waals surface area contributed by atoms with Crippen molar-refractivity contribution in [2.45, 2.75) is 13.0 Å². The summed E-state index contributed by atoms with van der Waals surface area (Å²) in [6.45, 7) is 6.60. The molecule has 0 aromatic heterocycles. The molecule has 106 valence electrons. The lowest BCUT2D eigenvalue weighted by atomic mass is 10.1. The molecule has 4 nitrogen and oxygen atoms in total. The van der Waals surface area contributed by atoms with E-state index in [-0.39, 0.29) is 11.9 Å². The summed E-state index contributed by atoms with van der Waals surface area (Å²) in [5.74, 6) is 0.244. The molecule has 1 saturated heterocycles. The van der Waals surface area contributed by atoms with Crippen LogP contribution in [0.3, 0.4) is 0 Å². The molecule has 1 aliphatic heterocycles. The van der Waals surface area contributed by atoms with Gasteiger partial charge in [-0.25, -0.2) is 4.39 Å². The molecule has 1 heterocycles. The standard InChI is InChI=1S/C14H21FN2O2/c1-11(16)13-3-2-12(15)10-14(13)19-9-6-17-4-7-18-8-5-17/h2-3,10-11H,4-9,16H2,1H3/t11-/m0/s1. The smallest absolute Gasteiger partial charge is 0.127 e. The molecule has 1 aromatic rings. The topological polar surface area (TPSA) is 47.7 Å². The predicted octanol–water partition coefficient (Wildman–Crippen LogP) is 1.56. The quantitative estimate of drug-likeness (QED) is 0.880. The maximum atomic E-state index is 13.2. The van der Waals surface area contributed by atoms with Gasteiger partial charge in [-0.15, -0.1) is 0 Å². The highest BCUT2D eigenvalue weighted by molar-refractivity contribution is 5.36. The van der Waals surface area contributed by atoms with Gasteiger partial charge in [0.05, 0.1) is 13.2 Å². The van der Waals surface area contributed by atoms with Crippen molar-refractivity contribution < 1.29 is 13.9 Å². The van der Waals surface area contributed by atoms with Crippen molar-refractivity contribution in [3.05, 3.63) is 29.6 Å². The Morgan fingerprint density at radius 3 is 2.84 bits per heavy atom. The molecule has 0 bridgehead atoms. The van der Waals surface area contributed by atoms with Gasteiger partial charge in [-0.2, -0.15) is 0 Å². The van der Waals surface area contributed by atoms with Crippen LogP contribution >= 0.6 is 0 Å². The monoisotopic (exact) mass is 268 g/mol. The van der Waals surface area contributed by atoms with Gasteiger partial charge in [-0.1, -0.05) is 6.07 Å². The SMILES string of the molecule is C[C@H](N)c1ccc(F)cc1OCCN1CCOCC1. The first kappa shape index (κ1) is 14.2. The van der Waals surface area contributed by atoms with Crippen molar-refractivity contribution in [1.82, 2.24) is 4.90 Å². The molecule has 2 rings (SSSR count). The van der Waals surface area contributed by atoms with E-state index in [1.165, 1.54) is 12.1 Å². The summed E-state index contributed by atoms with van der Waals surface area (Å²) >= 11 is 0. The van der Waals surface area contributed by atoms with Crippen LogP contribution in [0.15, 0.2) is 18.2 Å². The third-order valence-corrected chi connectivity index (χ3v) is 3.23. The molecule has 0 radical (unpaired) electrons. The number of halogens is 1. The molecular formula is C14H21FN2O2. The van der Waals surface area contributed by atoms with Crippen LogP contribution in [0.25, 0.3) is 0 Å². The molecule has 5 heteroatoms. The fraction of sp³-hybridized carbons (Fsp3) is 0.571. The lowest BCUT2D eigenvalue weighted by Crippen LogP contribution is -2.38. The minimum Gasteiger partial charge on any atom is -0.492 e. The highest BCUT2D eigenvalue weighted by Gasteiger charge is 2.12. The summed E-state index contributed by atoms with van der Waals surface area (Å²) in [7, 11) is 0. The number of nitrogens with zero attached hydrogens (tertiary/aromatic N) is 1. The van der Waals surface area contributed by atoms with Gasteiger partial charge < -0.3 is 15.2 Å². The number of hydrogen-bond donors (Lipinski definition) is 1. The van der Waals surface area contributed by atoms with Crippen molar-refractivity contribution in [1.29, 1.82) is 0 Å². The first-order chi connectivity index (χ1) is 9.16. The number of benzene rings is 1. The first-order valence-corrected chi connectivity index (χ1v) is 6.65. The van der Waals surface area contributed by atoms with Gasteiger partial charge in [0.15, 0.2) is 0 Å². The average molecular weight is 268 g/mol. The van der Waals surface area contributed by atoms with Crippen LogP contribution < -0.4 is 10.5 Å². The van der Waals surface area contributed by atoms with E-state index in [4.69, 9.17) is 15.2 Å². The number of rotatable bonds is 5. The van der Waals surface area contributed by atoms with Gasteiger partial charge in [0.1, 0.15) is 18.2 Å². The van der Waals surface area contributed by atoms with Gasteiger partial charge in [-0.05, 0) is 13.0 Å². The number of ether oxygens (including phenoxy) is 2. The minimum atomic E-state index is -0.300. The summed E-state index contributed by atoms with van der Waals surface area (Å²) in [6.07, 6.45) is 0. The third-order valence-electron chi connectivity index (χ3n) is 3.23. The van der Waals surface area contributed by atoms with Crippen molar-refractivity contribution in [2.24, 2.45) is 5.73 Å². The van der Waals surface area contributed by atoms with Crippen molar-refractivity contribution in [2.75, 3.05) is 39.5 Å². The van der Waals surface area contributed by atoms with E-state index in [1.54, 1.807) is 6.07 Å². The van der Waals surface area contributed by atoms with Crippen LogP contribution in [0.5, 0.6) is 5.75 Å². The summed E-state index contributed by atoms with van der Waals surface area (Å²) in [5.41, 5.74) is 6.69. The molecule has 2 N–H and O–H groups in total. The molecule has 0 amide bonds. The van der Waals surface area contributed by atoms with E-state index >= 15 is 0 Å². The van der Waals surface area contributed by atoms with E-state index in [9.17, 15) is 4.39 Å². The predicted molar refractivity (Wildman–Crippen MR) is 71.8 cm³/mol. The number of nitrogens with two attached hydrogens (primary N) is 1. The summed E-state index contributed by atoms with van der Waals surface area (Å²) < 4.78 is 24.2. The van der Waals surface area contributed by atoms with Gasteiger partial charge in [0.25, 0.3) is 0 Å². The Hall–Kier alpha value is -1.17. The second-order valence-corrected chi connectivity index (χ2v) is 4.77. The van der Waals surface area contributed by atoms with Crippen LogP contribution in [0.1, 0.15) is 18.5 Å². The van der Waals surface area contributed by atoms with Gasteiger partial charge in [-0.3, -0.25) is 4.90 Å². The van der Waals surface area contributed by atoms with E-state index < -0.39 is 0 Å². The Morgan fingerprint density at radius 1 is 1.42 bits per heavy atom. The molecule has 0 spiro atoms. The minimum absolute atomic E-state index is 0.168. The van der Waals surface area contributed by atoms with Crippen LogP contribution in [-0.4, -0.2) is 44.4 Å². The second-order valence-electron chi connectivity index (χ2n) is 4.77. The molecule has 1 aromatic carbocycles. The fourth-order valence-electron chi connectivity index (χ4n) is 2.12. The van der Waals surface area contributed by atoms with Crippen LogP contribution in [0.4, 0.5) is 4.39 Å². The molecule has 0 aliphatic carbocycles. The summed E-state index contributed by atoms with van der Waals surface area (Å²) in [5, 5.41) is 0. The fourth-order valence-corrected chi connectivity index (χ4v) is 2.12. The van der Waals surface area contributed by atoms with Crippen molar-refractivity contribution in [3.8, 4) is 5.75 Å². The zero-order valence-corrected chi connectivity index (χ0v) is 11.3. The maximum Gasteiger partial charge on any atom is 0.127 e. The van der Waals surface area contributed by atoms with Gasteiger partial charge >= 0.3 is 0 Å². The third kappa shape index (κ3) is 4.16. The van der Waals surface area contributed by atoms with Crippen LogP contribution in [-0.2, 0) is 4.74 Å². The molecule has 1 atom stereocenters. The maximum absolute atomic E-state index is 13.2. The molecule has 19 heavy (non-hydrogen) atoms. The lowest BCUT2D eigenvalue weighted by Gasteiger charge is -2.26. The lowest BCUT2D eigenvalue weighted by molar-refractivity contribution is 0.0322. The molecule has 0 saturated carbocycles. The Balaban J connectivity index is 1.89. The van der Waals surface area contributed by atoms with E-state index in [2.05, 4.69) is 4.90 Å². The Kier molecular flexibility index (Phi) is 5.13. The van der Waals surface area contributed by atoms with E-state index in [0.29, 0.717) is 12.4 Å². The largest absolute Gasteiger partial charge is 0.492 e. The van der Waals surface area contributed by atoms with Crippen LogP contribution in [0, 0.1) is 5.82 Å². The normalized spacial score (nSPS) is 18.3. The highest BCUT2D eigenvalue weighted by atomic mass is 19.1. The van der Waals surface area contributed by atoms with E-state index in [0.717, 1.165) is 38.4 Å². The van der Waals surface area contributed by atoms with Gasteiger partial charge in [0.2, 0.25) is 0 Å². The number of morpholine rings is 1. The zero-order valence-electron chi connectivity index (χ0n) is 11.3. The Bertz CT molecular complexity index is 406. The zero-order chi connectivity index (χ0) is 13.7. The van der Waals surface area contributed by atoms with Gasteiger partial charge in [0, 0.05) is 37.3 Å². The summed E-state index contributed by atoms with van der Waals surface area (Å²) in [6, 6.07) is 4.33. The van der Waals surface area contributed by atoms with Crippen molar-refractivity contribution >= 4 is 0 Å². The number of hydrogen-bond acceptors (Lipinski definition) is 4. The van der Waals surface area contributed by atoms with E-state index in [1.807, 2.05) is 6.92 Å². The molecule has 0 unspecified atom stereocenters. The highest BCUT2D eigenvalue weighted by Crippen LogP contribution is 2.24. The van der Waals surface area contributed by atoms with Crippen molar-refractivity contribution in [3.63, 3.8) is 0 Å². The molecule has 1 fully saturated rings. The second kappa shape index (κ2) is 6.84. The summed E-state index contributed by atoms with van der Waals surface area (Å²) in [4.78, 5) is 2.27. The van der Waals surface area contributed by atoms with Crippen LogP contribution in [0.2, 0.25) is 0 Å². The first-order valence-electron chi connectivity index (χ1n) is 6.65. The Labute approximate surface area is 113 Å². The molecule has 1 aliphatic rings. The molecular weight excluding hydrogens is 247 g/mol.